The molecule has 0 spiro atoms. The molecule has 2 aliphatic rings. The first-order valence-electron chi connectivity index (χ1n) is 14.2. The summed E-state index contributed by atoms with van der Waals surface area (Å²) >= 11 is 0. The standard InChI is InChI=1S/C31H35FN6O/c1-22-28-29(36-17-8-18-37(20-19-36)31(39)24-11-6-3-7-12-24)33-27(21-23-9-4-2-5-10-23)34-30(28)38(35-22)26-15-13-25(32)14-16-26/h3,6-7,11-16,23H,2,4-5,8-10,17-21H2,1H3. The highest BCUT2D eigenvalue weighted by Gasteiger charge is 2.26. The second-order valence-electron chi connectivity index (χ2n) is 10.8. The topological polar surface area (TPSA) is 67.2 Å². The maximum Gasteiger partial charge on any atom is 0.253 e. The third-order valence-electron chi connectivity index (χ3n) is 8.10. The molecule has 7 nitrogen and oxygen atoms in total. The van der Waals surface area contributed by atoms with E-state index in [1.165, 1.54) is 44.2 Å². The number of carbonyl (C=O) groups is 1. The number of amides is 1. The van der Waals surface area contributed by atoms with Crippen LogP contribution in [0.15, 0.2) is 54.6 Å². The van der Waals surface area contributed by atoms with Gasteiger partial charge in [0.1, 0.15) is 17.5 Å². The molecule has 0 bridgehead atoms. The van der Waals surface area contributed by atoms with Crippen LogP contribution in [-0.2, 0) is 6.42 Å². The minimum Gasteiger partial charge on any atom is -0.354 e. The normalized spacial score (nSPS) is 17.0. The van der Waals surface area contributed by atoms with Gasteiger partial charge in [-0.25, -0.2) is 19.0 Å². The molecule has 3 heterocycles. The highest BCUT2D eigenvalue weighted by molar-refractivity contribution is 5.94. The summed E-state index contributed by atoms with van der Waals surface area (Å²) in [5.74, 6) is 2.12. The van der Waals surface area contributed by atoms with Crippen LogP contribution >= 0.6 is 0 Å². The lowest BCUT2D eigenvalue weighted by atomic mass is 9.87. The Bertz CT molecular complexity index is 1450. The molecule has 2 aromatic heterocycles. The van der Waals surface area contributed by atoms with E-state index >= 15 is 0 Å². The number of fused-ring (bicyclic) bond motifs is 1. The van der Waals surface area contributed by atoms with Crippen LogP contribution in [-0.4, -0.2) is 56.7 Å². The van der Waals surface area contributed by atoms with Gasteiger partial charge in [-0.3, -0.25) is 4.79 Å². The van der Waals surface area contributed by atoms with Crippen LogP contribution in [0.25, 0.3) is 16.7 Å². The highest BCUT2D eigenvalue weighted by Crippen LogP contribution is 2.32. The number of hydrogen-bond acceptors (Lipinski definition) is 5. The summed E-state index contributed by atoms with van der Waals surface area (Å²) in [6, 6.07) is 15.9. The van der Waals surface area contributed by atoms with Crippen molar-refractivity contribution in [1.82, 2.24) is 24.6 Å². The van der Waals surface area contributed by atoms with Crippen molar-refractivity contribution in [2.75, 3.05) is 31.1 Å². The predicted octanol–water partition coefficient (Wildman–Crippen LogP) is 5.74. The average molecular weight is 527 g/mol. The van der Waals surface area contributed by atoms with E-state index in [0.717, 1.165) is 59.0 Å². The Hall–Kier alpha value is -3.81. The minimum absolute atomic E-state index is 0.0728. The molecule has 39 heavy (non-hydrogen) atoms. The molecule has 1 aliphatic carbocycles. The Kier molecular flexibility index (Phi) is 7.26. The smallest absolute Gasteiger partial charge is 0.253 e. The monoisotopic (exact) mass is 526 g/mol. The quantitative estimate of drug-likeness (QED) is 0.332. The van der Waals surface area contributed by atoms with Gasteiger partial charge in [-0.15, -0.1) is 0 Å². The van der Waals surface area contributed by atoms with Crippen molar-refractivity contribution < 1.29 is 9.18 Å². The van der Waals surface area contributed by atoms with E-state index in [-0.39, 0.29) is 11.7 Å². The molecule has 0 atom stereocenters. The van der Waals surface area contributed by atoms with E-state index in [1.807, 2.05) is 46.8 Å². The van der Waals surface area contributed by atoms with Crippen molar-refractivity contribution in [3.8, 4) is 5.69 Å². The van der Waals surface area contributed by atoms with Crippen LogP contribution in [0.1, 0.15) is 60.4 Å². The zero-order valence-corrected chi connectivity index (χ0v) is 22.5. The van der Waals surface area contributed by atoms with E-state index in [9.17, 15) is 9.18 Å². The lowest BCUT2D eigenvalue weighted by molar-refractivity contribution is 0.0767. The summed E-state index contributed by atoms with van der Waals surface area (Å²) in [6.07, 6.45) is 7.98. The number of hydrogen-bond donors (Lipinski definition) is 0. The average Bonchev–Trinajstić information content (AvgIpc) is 3.13. The fourth-order valence-electron chi connectivity index (χ4n) is 6.03. The molecule has 2 fully saturated rings. The summed E-state index contributed by atoms with van der Waals surface area (Å²) in [6.45, 7) is 4.81. The van der Waals surface area contributed by atoms with E-state index < -0.39 is 0 Å². The Balaban J connectivity index is 1.36. The zero-order valence-electron chi connectivity index (χ0n) is 22.5. The first-order valence-corrected chi connectivity index (χ1v) is 14.2. The number of rotatable bonds is 5. The van der Waals surface area contributed by atoms with E-state index in [1.54, 1.807) is 12.1 Å². The zero-order chi connectivity index (χ0) is 26.8. The van der Waals surface area contributed by atoms with Crippen molar-refractivity contribution in [2.24, 2.45) is 5.92 Å². The van der Waals surface area contributed by atoms with Gasteiger partial charge in [0.25, 0.3) is 5.91 Å². The third-order valence-corrected chi connectivity index (χ3v) is 8.10. The van der Waals surface area contributed by atoms with Crippen molar-refractivity contribution in [2.45, 2.75) is 51.9 Å². The SMILES string of the molecule is Cc1nn(-c2ccc(F)cc2)c2nc(CC3CCCCC3)nc(N3CCCN(C(=O)c4ccccc4)CC3)c12. The third kappa shape index (κ3) is 5.37. The van der Waals surface area contributed by atoms with Crippen molar-refractivity contribution in [3.63, 3.8) is 0 Å². The first kappa shape index (κ1) is 25.5. The maximum atomic E-state index is 13.7. The second kappa shape index (κ2) is 11.1. The number of aryl methyl sites for hydroxylation is 1. The highest BCUT2D eigenvalue weighted by atomic mass is 19.1. The van der Waals surface area contributed by atoms with Gasteiger partial charge < -0.3 is 9.80 Å². The van der Waals surface area contributed by atoms with Gasteiger partial charge >= 0.3 is 0 Å². The largest absolute Gasteiger partial charge is 0.354 e. The summed E-state index contributed by atoms with van der Waals surface area (Å²) in [4.78, 5) is 27.6. The molecule has 1 saturated heterocycles. The van der Waals surface area contributed by atoms with Crippen molar-refractivity contribution in [1.29, 1.82) is 0 Å². The Morgan fingerprint density at radius 2 is 1.67 bits per heavy atom. The summed E-state index contributed by atoms with van der Waals surface area (Å²) in [7, 11) is 0. The van der Waals surface area contributed by atoms with E-state index in [0.29, 0.717) is 25.6 Å². The number of benzene rings is 2. The van der Waals surface area contributed by atoms with Crippen molar-refractivity contribution in [3.05, 3.63) is 77.5 Å². The van der Waals surface area contributed by atoms with E-state index in [2.05, 4.69) is 4.90 Å². The Morgan fingerprint density at radius 1 is 0.897 bits per heavy atom. The van der Waals surface area contributed by atoms with Gasteiger partial charge in [0.2, 0.25) is 0 Å². The van der Waals surface area contributed by atoms with Gasteiger partial charge in [0.15, 0.2) is 5.65 Å². The van der Waals surface area contributed by atoms with Crippen LogP contribution in [0.3, 0.4) is 0 Å². The Labute approximate surface area is 228 Å². The fraction of sp³-hybridized carbons (Fsp3) is 0.419. The molecule has 1 aliphatic heterocycles. The lowest BCUT2D eigenvalue weighted by Gasteiger charge is -2.25. The predicted molar refractivity (Wildman–Crippen MR) is 151 cm³/mol. The minimum atomic E-state index is -0.278. The number of carbonyl (C=O) groups excluding carboxylic acids is 1. The molecule has 0 radical (unpaired) electrons. The molecular formula is C31H35FN6O. The van der Waals surface area contributed by atoms with Gasteiger partial charge in [-0.05, 0) is 55.7 Å². The number of halogens is 1. The molecule has 1 amide bonds. The Morgan fingerprint density at radius 3 is 2.44 bits per heavy atom. The molecule has 202 valence electrons. The van der Waals surface area contributed by atoms with Crippen LogP contribution in [0.4, 0.5) is 10.2 Å². The molecule has 8 heteroatoms. The van der Waals surface area contributed by atoms with Crippen molar-refractivity contribution >= 4 is 22.8 Å². The molecule has 4 aromatic rings. The fourth-order valence-corrected chi connectivity index (χ4v) is 6.03. The molecule has 6 rings (SSSR count). The molecule has 2 aromatic carbocycles. The number of nitrogens with zero attached hydrogens (tertiary/aromatic N) is 6. The van der Waals surface area contributed by atoms with Gasteiger partial charge in [-0.1, -0.05) is 50.3 Å². The maximum absolute atomic E-state index is 13.7. The first-order chi connectivity index (χ1) is 19.1. The van der Waals surface area contributed by atoms with Gasteiger partial charge in [0, 0.05) is 38.2 Å². The van der Waals surface area contributed by atoms with E-state index in [4.69, 9.17) is 15.1 Å². The molecule has 1 saturated carbocycles. The molecule has 0 N–H and O–H groups in total. The summed E-state index contributed by atoms with van der Waals surface area (Å²) in [5, 5.41) is 5.77. The summed E-state index contributed by atoms with van der Waals surface area (Å²) in [5.41, 5.74) is 3.10. The second-order valence-corrected chi connectivity index (χ2v) is 10.8. The number of aromatic nitrogens is 4. The number of anilines is 1. The van der Waals surface area contributed by atoms with Gasteiger partial charge in [-0.2, -0.15) is 5.10 Å². The van der Waals surface area contributed by atoms with Gasteiger partial charge in [0.05, 0.1) is 16.8 Å². The summed E-state index contributed by atoms with van der Waals surface area (Å²) < 4.78 is 15.5. The molecular weight excluding hydrogens is 491 g/mol. The van der Waals surface area contributed by atoms with Crippen LogP contribution in [0.2, 0.25) is 0 Å². The van der Waals surface area contributed by atoms with Crippen LogP contribution < -0.4 is 4.90 Å². The van der Waals surface area contributed by atoms with Crippen LogP contribution in [0.5, 0.6) is 0 Å². The van der Waals surface area contributed by atoms with Crippen LogP contribution in [0, 0.1) is 18.7 Å². The lowest BCUT2D eigenvalue weighted by Crippen LogP contribution is -2.35. The molecule has 0 unspecified atom stereocenters.